The van der Waals surface area contributed by atoms with Gasteiger partial charge in [0, 0.05) is 19.3 Å². The van der Waals surface area contributed by atoms with E-state index in [0.29, 0.717) is 18.6 Å². The predicted molar refractivity (Wildman–Crippen MR) is 84.0 cm³/mol. The van der Waals surface area contributed by atoms with Crippen LogP contribution in [0.15, 0.2) is 17.1 Å². The number of carboxylic acids is 1. The van der Waals surface area contributed by atoms with Crippen LogP contribution in [-0.4, -0.2) is 22.2 Å². The summed E-state index contributed by atoms with van der Waals surface area (Å²) in [5, 5.41) is 11.9. The number of hydrogen-bond acceptors (Lipinski definition) is 4. The lowest BCUT2D eigenvalue weighted by molar-refractivity contribution is 0.0695. The number of nitrogens with zero attached hydrogens (tertiary/aromatic N) is 1. The molecule has 1 aromatic heterocycles. The molecule has 0 aliphatic rings. The molecule has 2 rings (SSSR count). The number of aryl methyl sites for hydroxylation is 1. The number of hydrogen-bond donors (Lipinski definition) is 3. The monoisotopic (exact) mass is 307 g/mol. The number of aromatic carboxylic acids is 1. The molecule has 2 aromatic rings. The summed E-state index contributed by atoms with van der Waals surface area (Å²) < 4.78 is 15.9. The predicted octanol–water partition coefficient (Wildman–Crippen LogP) is 2.26. The number of benzene rings is 1. The molecule has 0 amide bonds. The number of nitrogens with two attached hydrogens (primary N) is 1. The van der Waals surface area contributed by atoms with Gasteiger partial charge in [0.25, 0.3) is 0 Å². The van der Waals surface area contributed by atoms with E-state index in [1.54, 1.807) is 11.5 Å². The molecule has 0 saturated heterocycles. The van der Waals surface area contributed by atoms with Crippen molar-refractivity contribution in [3.05, 3.63) is 33.9 Å². The van der Waals surface area contributed by atoms with Crippen LogP contribution in [0.1, 0.15) is 30.6 Å². The molecule has 6 nitrogen and oxygen atoms in total. The number of halogens is 1. The molecule has 0 saturated carbocycles. The molecule has 0 unspecified atom stereocenters. The van der Waals surface area contributed by atoms with Crippen LogP contribution in [0, 0.1) is 5.82 Å². The first-order chi connectivity index (χ1) is 10.4. The van der Waals surface area contributed by atoms with Gasteiger partial charge in [-0.25, -0.2) is 9.18 Å². The van der Waals surface area contributed by atoms with Gasteiger partial charge in [0.1, 0.15) is 5.56 Å². The number of fused-ring (bicyclic) bond motifs is 1. The van der Waals surface area contributed by atoms with Crippen molar-refractivity contribution in [2.45, 2.75) is 26.8 Å². The third-order valence-electron chi connectivity index (χ3n) is 3.48. The quantitative estimate of drug-likeness (QED) is 0.736. The maximum Gasteiger partial charge on any atom is 0.341 e. The second-order valence-corrected chi connectivity index (χ2v) is 4.94. The summed E-state index contributed by atoms with van der Waals surface area (Å²) in [6, 6.07) is 1.49. The zero-order chi connectivity index (χ0) is 16.4. The number of nitrogens with one attached hydrogen (secondary N) is 1. The maximum absolute atomic E-state index is 14.3. The molecule has 7 heteroatoms. The third kappa shape index (κ3) is 2.49. The number of nitrogen functional groups attached to an aromatic ring is 1. The molecular weight excluding hydrogens is 289 g/mol. The van der Waals surface area contributed by atoms with E-state index in [2.05, 4.69) is 5.32 Å². The second kappa shape index (κ2) is 6.05. The maximum atomic E-state index is 14.3. The molecular formula is C15H18FN3O3. The fourth-order valence-electron chi connectivity index (χ4n) is 2.35. The average Bonchev–Trinajstić information content (AvgIpc) is 2.49. The van der Waals surface area contributed by atoms with Crippen molar-refractivity contribution < 1.29 is 14.3 Å². The topological polar surface area (TPSA) is 97.3 Å². The van der Waals surface area contributed by atoms with E-state index in [1.165, 1.54) is 12.3 Å². The van der Waals surface area contributed by atoms with Crippen molar-refractivity contribution in [2.75, 3.05) is 17.6 Å². The van der Waals surface area contributed by atoms with Crippen LogP contribution in [0.5, 0.6) is 0 Å². The molecule has 0 fully saturated rings. The van der Waals surface area contributed by atoms with Crippen LogP contribution in [0.2, 0.25) is 0 Å². The minimum Gasteiger partial charge on any atom is -0.477 e. The van der Waals surface area contributed by atoms with Crippen LogP contribution < -0.4 is 16.5 Å². The first-order valence-electron chi connectivity index (χ1n) is 7.04. The van der Waals surface area contributed by atoms with E-state index in [9.17, 15) is 14.0 Å². The number of carbonyl (C=O) groups is 1. The molecule has 0 aliphatic heterocycles. The Morgan fingerprint density at radius 1 is 1.45 bits per heavy atom. The molecule has 0 bridgehead atoms. The summed E-state index contributed by atoms with van der Waals surface area (Å²) in [5.41, 5.74) is 4.86. The first kappa shape index (κ1) is 15.8. The van der Waals surface area contributed by atoms with E-state index in [-0.39, 0.29) is 16.8 Å². The van der Waals surface area contributed by atoms with Crippen molar-refractivity contribution in [1.29, 1.82) is 0 Å². The highest BCUT2D eigenvalue weighted by Gasteiger charge is 2.20. The van der Waals surface area contributed by atoms with Crippen LogP contribution in [-0.2, 0) is 6.54 Å². The Morgan fingerprint density at radius 2 is 2.14 bits per heavy atom. The van der Waals surface area contributed by atoms with E-state index in [0.717, 1.165) is 6.42 Å². The van der Waals surface area contributed by atoms with E-state index in [1.807, 2.05) is 6.92 Å². The van der Waals surface area contributed by atoms with Crippen LogP contribution in [0.4, 0.5) is 15.8 Å². The van der Waals surface area contributed by atoms with Gasteiger partial charge in [0.2, 0.25) is 5.43 Å². The lowest BCUT2D eigenvalue weighted by Crippen LogP contribution is -2.20. The molecule has 22 heavy (non-hydrogen) atoms. The van der Waals surface area contributed by atoms with Gasteiger partial charge in [-0.15, -0.1) is 0 Å². The Morgan fingerprint density at radius 3 is 2.68 bits per heavy atom. The van der Waals surface area contributed by atoms with Crippen LogP contribution in [0.25, 0.3) is 10.9 Å². The average molecular weight is 307 g/mol. The molecule has 0 spiro atoms. The number of anilines is 2. The smallest absolute Gasteiger partial charge is 0.341 e. The number of aromatic nitrogens is 1. The third-order valence-corrected chi connectivity index (χ3v) is 3.48. The number of carboxylic acid groups (broad SMARTS) is 1. The Bertz CT molecular complexity index is 799. The Balaban J connectivity index is 2.87. The van der Waals surface area contributed by atoms with E-state index in [4.69, 9.17) is 10.8 Å². The Kier molecular flexibility index (Phi) is 4.35. The van der Waals surface area contributed by atoms with Gasteiger partial charge >= 0.3 is 5.97 Å². The molecule has 0 radical (unpaired) electrons. The largest absolute Gasteiger partial charge is 0.477 e. The van der Waals surface area contributed by atoms with Gasteiger partial charge in [-0.3, -0.25) is 4.79 Å². The van der Waals surface area contributed by atoms with Gasteiger partial charge in [0.15, 0.2) is 5.82 Å². The lowest BCUT2D eigenvalue weighted by Gasteiger charge is -2.15. The summed E-state index contributed by atoms with van der Waals surface area (Å²) in [4.78, 5) is 23.5. The van der Waals surface area contributed by atoms with Crippen molar-refractivity contribution in [3.63, 3.8) is 0 Å². The van der Waals surface area contributed by atoms with Gasteiger partial charge in [-0.1, -0.05) is 6.92 Å². The van der Waals surface area contributed by atoms with Crippen molar-refractivity contribution >= 4 is 28.2 Å². The highest BCUT2D eigenvalue weighted by molar-refractivity contribution is 5.99. The number of pyridine rings is 1. The summed E-state index contributed by atoms with van der Waals surface area (Å²) in [6.45, 7) is 4.73. The standard InChI is InChI=1S/C15H18FN3O3/c1-3-5-18-9-6-10-11(13(17)12(9)16)14(20)8(15(21)22)7-19(10)4-2/h6-7,18H,3-5,17H2,1-2H3,(H,21,22). The van der Waals surface area contributed by atoms with Crippen LogP contribution in [0.3, 0.4) is 0 Å². The zero-order valence-corrected chi connectivity index (χ0v) is 12.4. The van der Waals surface area contributed by atoms with Gasteiger partial charge in [0.05, 0.1) is 22.3 Å². The molecule has 0 atom stereocenters. The molecule has 0 aliphatic carbocycles. The summed E-state index contributed by atoms with van der Waals surface area (Å²) in [5.74, 6) is -2.09. The zero-order valence-electron chi connectivity index (χ0n) is 12.4. The highest BCUT2D eigenvalue weighted by atomic mass is 19.1. The van der Waals surface area contributed by atoms with Crippen molar-refractivity contribution in [3.8, 4) is 0 Å². The van der Waals surface area contributed by atoms with Gasteiger partial charge < -0.3 is 20.7 Å². The molecule has 1 aromatic carbocycles. The number of rotatable bonds is 5. The second-order valence-electron chi connectivity index (χ2n) is 4.94. The fourth-order valence-corrected chi connectivity index (χ4v) is 2.35. The fraction of sp³-hybridized carbons (Fsp3) is 0.333. The highest BCUT2D eigenvalue weighted by Crippen LogP contribution is 2.28. The summed E-state index contributed by atoms with van der Waals surface area (Å²) in [6.07, 6.45) is 2.06. The van der Waals surface area contributed by atoms with Crippen LogP contribution >= 0.6 is 0 Å². The van der Waals surface area contributed by atoms with Crippen molar-refractivity contribution in [2.24, 2.45) is 0 Å². The van der Waals surface area contributed by atoms with Gasteiger partial charge in [-0.2, -0.15) is 0 Å². The minimum absolute atomic E-state index is 0.0960. The summed E-state index contributed by atoms with van der Waals surface area (Å²) in [7, 11) is 0. The molecule has 4 N–H and O–H groups in total. The first-order valence-corrected chi connectivity index (χ1v) is 7.04. The Hall–Kier alpha value is -2.57. The normalized spacial score (nSPS) is 10.9. The Labute approximate surface area is 126 Å². The lowest BCUT2D eigenvalue weighted by atomic mass is 10.1. The molecule has 1 heterocycles. The summed E-state index contributed by atoms with van der Waals surface area (Å²) >= 11 is 0. The van der Waals surface area contributed by atoms with E-state index < -0.39 is 22.8 Å². The van der Waals surface area contributed by atoms with Gasteiger partial charge in [-0.05, 0) is 19.4 Å². The van der Waals surface area contributed by atoms with Crippen molar-refractivity contribution in [1.82, 2.24) is 4.57 Å². The van der Waals surface area contributed by atoms with E-state index >= 15 is 0 Å². The minimum atomic E-state index is -1.36. The SMILES string of the molecule is CCCNc1cc2c(c(N)c1F)c(=O)c(C(=O)O)cn2CC. The molecule has 118 valence electrons.